The van der Waals surface area contributed by atoms with Crippen LogP contribution in [0.1, 0.15) is 42.3 Å². The number of ether oxygens (including phenoxy) is 1. The van der Waals surface area contributed by atoms with Crippen LogP contribution in [0.15, 0.2) is 35.6 Å². The maximum atomic E-state index is 13.4. The summed E-state index contributed by atoms with van der Waals surface area (Å²) in [6.45, 7) is 1.84. The van der Waals surface area contributed by atoms with Crippen molar-refractivity contribution in [2.75, 3.05) is 4.90 Å². The van der Waals surface area contributed by atoms with Crippen LogP contribution in [0.2, 0.25) is 5.02 Å². The minimum atomic E-state index is -0.567. The molecule has 1 aromatic carbocycles. The lowest BCUT2D eigenvalue weighted by Crippen LogP contribution is -2.39. The van der Waals surface area contributed by atoms with Crippen molar-refractivity contribution in [3.8, 4) is 0 Å². The Labute approximate surface area is 171 Å². The number of rotatable bonds is 2. The summed E-state index contributed by atoms with van der Waals surface area (Å²) in [6, 6.07) is 6.65. The van der Waals surface area contributed by atoms with Crippen LogP contribution in [-0.2, 0) is 14.3 Å². The molecule has 0 bridgehead atoms. The lowest BCUT2D eigenvalue weighted by Gasteiger charge is -2.35. The van der Waals surface area contributed by atoms with Gasteiger partial charge in [0, 0.05) is 5.02 Å². The molecule has 1 aromatic heterocycles. The molecule has 0 radical (unpaired) electrons. The molecule has 0 N–H and O–H groups in total. The average molecular weight is 416 g/mol. The predicted molar refractivity (Wildman–Crippen MR) is 105 cm³/mol. The molecule has 2 aromatic rings. The van der Waals surface area contributed by atoms with Gasteiger partial charge in [-0.25, -0.2) is 0 Å². The fraction of sp³-hybridized carbons (Fsp3) is 0.400. The SMILES string of the molecule is Cc1nnc(N2C(=O)C3=C(C(=O)C4CCCCC4O3)C2c2ccc(Cl)cc2)s1. The Kier molecular flexibility index (Phi) is 4.25. The Bertz CT molecular complexity index is 1000. The molecule has 8 heteroatoms. The van der Waals surface area contributed by atoms with E-state index < -0.39 is 6.04 Å². The summed E-state index contributed by atoms with van der Waals surface area (Å²) in [4.78, 5) is 28.3. The lowest BCUT2D eigenvalue weighted by molar-refractivity contribution is -0.131. The number of benzene rings is 1. The molecule has 3 atom stereocenters. The third kappa shape index (κ3) is 2.68. The summed E-state index contributed by atoms with van der Waals surface area (Å²) >= 11 is 7.38. The molecule has 5 rings (SSSR count). The highest BCUT2D eigenvalue weighted by Gasteiger charge is 2.53. The number of anilines is 1. The van der Waals surface area contributed by atoms with E-state index in [-0.39, 0.29) is 29.5 Å². The largest absolute Gasteiger partial charge is 0.483 e. The number of Topliss-reactive ketones (excluding diaryl/α,β-unsaturated/α-hetero) is 1. The third-order valence-electron chi connectivity index (χ3n) is 5.67. The zero-order valence-corrected chi connectivity index (χ0v) is 16.8. The van der Waals surface area contributed by atoms with Crippen LogP contribution >= 0.6 is 22.9 Å². The van der Waals surface area contributed by atoms with E-state index >= 15 is 0 Å². The van der Waals surface area contributed by atoms with E-state index in [1.165, 1.54) is 11.3 Å². The van der Waals surface area contributed by atoms with Crippen LogP contribution in [0.4, 0.5) is 5.13 Å². The summed E-state index contributed by atoms with van der Waals surface area (Å²) in [7, 11) is 0. The van der Waals surface area contributed by atoms with Crippen molar-refractivity contribution in [2.24, 2.45) is 5.92 Å². The minimum absolute atomic E-state index is 0.0305. The molecule has 6 nitrogen and oxygen atoms in total. The van der Waals surface area contributed by atoms with E-state index in [0.29, 0.717) is 15.7 Å². The first-order valence-corrected chi connectivity index (χ1v) is 10.6. The van der Waals surface area contributed by atoms with Crippen LogP contribution < -0.4 is 4.90 Å². The number of ketones is 1. The Balaban J connectivity index is 1.65. The number of halogens is 1. The van der Waals surface area contributed by atoms with Crippen molar-refractivity contribution >= 4 is 39.8 Å². The smallest absolute Gasteiger partial charge is 0.296 e. The van der Waals surface area contributed by atoms with Crippen molar-refractivity contribution in [2.45, 2.75) is 44.8 Å². The van der Waals surface area contributed by atoms with E-state index in [1.54, 1.807) is 17.0 Å². The molecular formula is C20H18ClN3O3S. The van der Waals surface area contributed by atoms with Gasteiger partial charge in [0.1, 0.15) is 11.1 Å². The van der Waals surface area contributed by atoms with Gasteiger partial charge in [-0.05, 0) is 43.9 Å². The van der Waals surface area contributed by atoms with Crippen molar-refractivity contribution < 1.29 is 14.3 Å². The summed E-state index contributed by atoms with van der Waals surface area (Å²) in [6.07, 6.45) is 3.44. The van der Waals surface area contributed by atoms with Gasteiger partial charge in [-0.15, -0.1) is 10.2 Å². The number of carbonyl (C=O) groups is 2. The summed E-state index contributed by atoms with van der Waals surface area (Å²) in [5, 5.41) is 10.0. The number of aryl methyl sites for hydroxylation is 1. The number of amides is 1. The monoisotopic (exact) mass is 415 g/mol. The number of carbonyl (C=O) groups excluding carboxylic acids is 2. The number of aromatic nitrogens is 2. The van der Waals surface area contributed by atoms with Gasteiger partial charge in [0.2, 0.25) is 5.13 Å². The van der Waals surface area contributed by atoms with Gasteiger partial charge in [-0.1, -0.05) is 41.5 Å². The van der Waals surface area contributed by atoms with E-state index in [2.05, 4.69) is 10.2 Å². The number of nitrogens with zero attached hydrogens (tertiary/aromatic N) is 3. The molecule has 1 saturated carbocycles. The van der Waals surface area contributed by atoms with Gasteiger partial charge in [0.15, 0.2) is 11.5 Å². The number of fused-ring (bicyclic) bond motifs is 1. The maximum Gasteiger partial charge on any atom is 0.296 e. The van der Waals surface area contributed by atoms with Crippen LogP contribution in [0.5, 0.6) is 0 Å². The Morgan fingerprint density at radius 3 is 2.61 bits per heavy atom. The average Bonchev–Trinajstić information content (AvgIpc) is 3.24. The quantitative estimate of drug-likeness (QED) is 0.741. The predicted octanol–water partition coefficient (Wildman–Crippen LogP) is 4.00. The first-order valence-electron chi connectivity index (χ1n) is 9.39. The number of hydrogen-bond donors (Lipinski definition) is 0. The Morgan fingerprint density at radius 2 is 1.89 bits per heavy atom. The molecule has 3 heterocycles. The van der Waals surface area contributed by atoms with Crippen molar-refractivity contribution in [3.63, 3.8) is 0 Å². The Morgan fingerprint density at radius 1 is 1.14 bits per heavy atom. The lowest BCUT2D eigenvalue weighted by atomic mass is 9.77. The highest BCUT2D eigenvalue weighted by molar-refractivity contribution is 7.15. The van der Waals surface area contributed by atoms with Gasteiger partial charge in [0.05, 0.1) is 17.5 Å². The van der Waals surface area contributed by atoms with Gasteiger partial charge in [0.25, 0.3) is 5.91 Å². The zero-order chi connectivity index (χ0) is 19.4. The molecule has 144 valence electrons. The second-order valence-corrected chi connectivity index (χ2v) is 8.98. The van der Waals surface area contributed by atoms with E-state index in [4.69, 9.17) is 16.3 Å². The molecule has 3 unspecified atom stereocenters. The minimum Gasteiger partial charge on any atom is -0.483 e. The summed E-state index contributed by atoms with van der Waals surface area (Å²) < 4.78 is 6.13. The molecule has 1 fully saturated rings. The normalized spacial score (nSPS) is 26.9. The fourth-order valence-electron chi connectivity index (χ4n) is 4.39. The van der Waals surface area contributed by atoms with Gasteiger partial charge in [-0.2, -0.15) is 0 Å². The summed E-state index contributed by atoms with van der Waals surface area (Å²) in [5.74, 6) is -0.279. The van der Waals surface area contributed by atoms with E-state index in [9.17, 15) is 9.59 Å². The van der Waals surface area contributed by atoms with Crippen LogP contribution in [-0.4, -0.2) is 28.0 Å². The molecule has 1 aliphatic carbocycles. The van der Waals surface area contributed by atoms with Crippen LogP contribution in [0.3, 0.4) is 0 Å². The van der Waals surface area contributed by atoms with Crippen molar-refractivity contribution in [1.29, 1.82) is 0 Å². The second kappa shape index (κ2) is 6.67. The number of hydrogen-bond acceptors (Lipinski definition) is 6. The van der Waals surface area contributed by atoms with Crippen molar-refractivity contribution in [1.82, 2.24) is 10.2 Å². The molecule has 28 heavy (non-hydrogen) atoms. The van der Waals surface area contributed by atoms with Gasteiger partial charge in [-0.3, -0.25) is 14.5 Å². The third-order valence-corrected chi connectivity index (χ3v) is 6.76. The highest BCUT2D eigenvalue weighted by atomic mass is 35.5. The molecule has 2 aliphatic heterocycles. The standard InChI is InChI=1S/C20H18ClN3O3S/c1-10-22-23-20(28-10)24-16(11-6-8-12(21)9-7-11)15-17(25)13-4-2-3-5-14(13)27-18(15)19(24)26/h6-9,13-14,16H,2-5H2,1H3. The molecule has 1 amide bonds. The van der Waals surface area contributed by atoms with Crippen LogP contribution in [0, 0.1) is 12.8 Å². The van der Waals surface area contributed by atoms with E-state index in [0.717, 1.165) is 36.3 Å². The molecular weight excluding hydrogens is 398 g/mol. The van der Waals surface area contributed by atoms with Crippen LogP contribution in [0.25, 0.3) is 0 Å². The molecule has 3 aliphatic rings. The van der Waals surface area contributed by atoms with E-state index in [1.807, 2.05) is 19.1 Å². The highest BCUT2D eigenvalue weighted by Crippen LogP contribution is 2.48. The second-order valence-electron chi connectivity index (χ2n) is 7.39. The maximum absolute atomic E-state index is 13.4. The first kappa shape index (κ1) is 17.8. The van der Waals surface area contributed by atoms with Gasteiger partial charge >= 0.3 is 0 Å². The zero-order valence-electron chi connectivity index (χ0n) is 15.2. The molecule has 0 saturated heterocycles. The topological polar surface area (TPSA) is 72.4 Å². The van der Waals surface area contributed by atoms with Crippen molar-refractivity contribution in [3.05, 3.63) is 51.2 Å². The Hall–Kier alpha value is -2.25. The van der Waals surface area contributed by atoms with Gasteiger partial charge < -0.3 is 4.74 Å². The fourth-order valence-corrected chi connectivity index (χ4v) is 5.23. The molecule has 0 spiro atoms. The first-order chi connectivity index (χ1) is 13.5. The summed E-state index contributed by atoms with van der Waals surface area (Å²) in [5.41, 5.74) is 1.25.